The van der Waals surface area contributed by atoms with Gasteiger partial charge in [0.1, 0.15) is 0 Å². The number of rotatable bonds is 5. The van der Waals surface area contributed by atoms with E-state index in [1.807, 2.05) is 0 Å². The number of benzene rings is 1. The second kappa shape index (κ2) is 6.96. The minimum absolute atomic E-state index is 0.280. The Bertz CT molecular complexity index is 409. The van der Waals surface area contributed by atoms with Crippen molar-refractivity contribution in [1.29, 1.82) is 0 Å². The molecule has 0 radical (unpaired) electrons. The molecule has 0 amide bonds. The molecule has 1 heteroatoms. The van der Waals surface area contributed by atoms with Crippen LogP contribution in [0.3, 0.4) is 0 Å². The lowest BCUT2D eigenvalue weighted by atomic mass is 9.59. The molecule has 1 N–H and O–H groups in total. The molecule has 21 heavy (non-hydrogen) atoms. The van der Waals surface area contributed by atoms with Gasteiger partial charge < -0.3 is 5.32 Å². The van der Waals surface area contributed by atoms with Crippen LogP contribution in [0.25, 0.3) is 0 Å². The third kappa shape index (κ3) is 3.69. The first kappa shape index (κ1) is 16.5. The Kier molecular flexibility index (Phi) is 5.48. The van der Waals surface area contributed by atoms with Crippen molar-refractivity contribution in [1.82, 2.24) is 5.32 Å². The van der Waals surface area contributed by atoms with E-state index < -0.39 is 0 Å². The van der Waals surface area contributed by atoms with E-state index in [0.717, 1.165) is 6.54 Å². The summed E-state index contributed by atoms with van der Waals surface area (Å²) in [4.78, 5) is 0. The molecular weight excluding hydrogens is 254 g/mol. The average Bonchev–Trinajstić information content (AvgIpc) is 2.48. The van der Waals surface area contributed by atoms with Crippen molar-refractivity contribution in [3.63, 3.8) is 0 Å². The van der Waals surface area contributed by atoms with E-state index in [1.54, 1.807) is 5.56 Å². The fraction of sp³-hybridized carbons (Fsp3) is 0.700. The average molecular weight is 287 g/mol. The molecule has 0 spiro atoms. The normalized spacial score (nSPS) is 20.2. The Labute approximate surface area is 131 Å². The Morgan fingerprint density at radius 2 is 1.67 bits per heavy atom. The molecule has 118 valence electrons. The summed E-state index contributed by atoms with van der Waals surface area (Å²) >= 11 is 0. The van der Waals surface area contributed by atoms with Crippen LogP contribution in [0.4, 0.5) is 0 Å². The van der Waals surface area contributed by atoms with E-state index in [4.69, 9.17) is 0 Å². The van der Waals surface area contributed by atoms with Gasteiger partial charge in [0.15, 0.2) is 0 Å². The van der Waals surface area contributed by atoms with Gasteiger partial charge in [0.2, 0.25) is 0 Å². The third-order valence-electron chi connectivity index (χ3n) is 5.11. The Balaban J connectivity index is 2.41. The maximum absolute atomic E-state index is 3.92. The van der Waals surface area contributed by atoms with E-state index in [0.29, 0.717) is 11.5 Å². The van der Waals surface area contributed by atoms with Crippen LogP contribution in [0.5, 0.6) is 0 Å². The monoisotopic (exact) mass is 287 g/mol. The predicted octanol–water partition coefficient (Wildman–Crippen LogP) is 5.30. The molecular formula is C20H33N. The molecule has 1 aromatic carbocycles. The van der Waals surface area contributed by atoms with Crippen LogP contribution in [0.15, 0.2) is 30.3 Å². The van der Waals surface area contributed by atoms with Gasteiger partial charge in [-0.2, -0.15) is 0 Å². The van der Waals surface area contributed by atoms with Gasteiger partial charge in [-0.1, -0.05) is 77.3 Å². The van der Waals surface area contributed by atoms with Crippen LogP contribution < -0.4 is 5.32 Å². The SMILES string of the molecule is CCCNC(C(C)(C)C)C1(c2ccccc2)CCCCC1. The molecule has 1 atom stereocenters. The van der Waals surface area contributed by atoms with Crippen LogP contribution in [0.1, 0.15) is 71.8 Å². The van der Waals surface area contributed by atoms with Gasteiger partial charge in [-0.25, -0.2) is 0 Å². The zero-order valence-corrected chi connectivity index (χ0v) is 14.4. The molecule has 1 nitrogen and oxygen atoms in total. The van der Waals surface area contributed by atoms with Crippen molar-refractivity contribution in [3.8, 4) is 0 Å². The van der Waals surface area contributed by atoms with Gasteiger partial charge in [-0.3, -0.25) is 0 Å². The van der Waals surface area contributed by atoms with Gasteiger partial charge in [0.05, 0.1) is 0 Å². The summed E-state index contributed by atoms with van der Waals surface area (Å²) in [5.74, 6) is 0. The fourth-order valence-corrected chi connectivity index (χ4v) is 4.32. The first-order chi connectivity index (χ1) is 10.0. The van der Waals surface area contributed by atoms with Gasteiger partial charge in [0.25, 0.3) is 0 Å². The molecule has 1 saturated carbocycles. The maximum Gasteiger partial charge on any atom is 0.0212 e. The molecule has 0 saturated heterocycles. The molecule has 2 rings (SSSR count). The summed E-state index contributed by atoms with van der Waals surface area (Å²) in [6, 6.07) is 11.8. The first-order valence-electron chi connectivity index (χ1n) is 8.79. The van der Waals surface area contributed by atoms with Crippen molar-refractivity contribution in [2.75, 3.05) is 6.54 Å². The standard InChI is InChI=1S/C20H33N/c1-5-16-21-18(19(2,3)4)20(14-10-7-11-15-20)17-12-8-6-9-13-17/h6,8-9,12-13,18,21H,5,7,10-11,14-16H2,1-4H3. The summed E-state index contributed by atoms with van der Waals surface area (Å²) in [5, 5.41) is 3.92. The van der Waals surface area contributed by atoms with Gasteiger partial charge in [-0.05, 0) is 36.8 Å². The summed E-state index contributed by atoms with van der Waals surface area (Å²) < 4.78 is 0. The lowest BCUT2D eigenvalue weighted by molar-refractivity contribution is 0.120. The zero-order valence-electron chi connectivity index (χ0n) is 14.4. The molecule has 0 bridgehead atoms. The number of hydrogen-bond donors (Lipinski definition) is 1. The minimum atomic E-state index is 0.280. The molecule has 1 aliphatic rings. The topological polar surface area (TPSA) is 12.0 Å². The minimum Gasteiger partial charge on any atom is -0.313 e. The second-order valence-electron chi connectivity index (χ2n) is 7.84. The van der Waals surface area contributed by atoms with E-state index >= 15 is 0 Å². The van der Waals surface area contributed by atoms with Gasteiger partial charge >= 0.3 is 0 Å². The van der Waals surface area contributed by atoms with Crippen molar-refractivity contribution in [2.24, 2.45) is 5.41 Å². The van der Waals surface area contributed by atoms with Crippen molar-refractivity contribution in [2.45, 2.75) is 77.7 Å². The third-order valence-corrected chi connectivity index (χ3v) is 5.11. The van der Waals surface area contributed by atoms with E-state index in [1.165, 1.54) is 38.5 Å². The van der Waals surface area contributed by atoms with Crippen LogP contribution >= 0.6 is 0 Å². The van der Waals surface area contributed by atoms with Crippen molar-refractivity contribution < 1.29 is 0 Å². The van der Waals surface area contributed by atoms with Crippen molar-refractivity contribution in [3.05, 3.63) is 35.9 Å². The van der Waals surface area contributed by atoms with Gasteiger partial charge in [0, 0.05) is 11.5 Å². The number of nitrogens with one attached hydrogen (secondary N) is 1. The molecule has 1 aromatic rings. The van der Waals surface area contributed by atoms with Crippen LogP contribution in [0.2, 0.25) is 0 Å². The van der Waals surface area contributed by atoms with E-state index in [9.17, 15) is 0 Å². The molecule has 0 heterocycles. The number of hydrogen-bond acceptors (Lipinski definition) is 1. The van der Waals surface area contributed by atoms with Crippen LogP contribution in [-0.2, 0) is 5.41 Å². The first-order valence-corrected chi connectivity index (χ1v) is 8.79. The van der Waals surface area contributed by atoms with E-state index in [-0.39, 0.29) is 5.41 Å². The Hall–Kier alpha value is -0.820. The van der Waals surface area contributed by atoms with Crippen molar-refractivity contribution >= 4 is 0 Å². The summed E-state index contributed by atoms with van der Waals surface area (Å²) in [6.45, 7) is 10.6. The quantitative estimate of drug-likeness (QED) is 0.774. The Morgan fingerprint density at radius 1 is 1.05 bits per heavy atom. The smallest absolute Gasteiger partial charge is 0.0212 e. The molecule has 1 fully saturated rings. The predicted molar refractivity (Wildman–Crippen MR) is 92.7 cm³/mol. The summed E-state index contributed by atoms with van der Waals surface area (Å²) in [5.41, 5.74) is 2.14. The highest BCUT2D eigenvalue weighted by atomic mass is 15.0. The highest BCUT2D eigenvalue weighted by Crippen LogP contribution is 2.47. The van der Waals surface area contributed by atoms with Crippen LogP contribution in [-0.4, -0.2) is 12.6 Å². The lowest BCUT2D eigenvalue weighted by Crippen LogP contribution is -2.56. The molecule has 1 unspecified atom stereocenters. The van der Waals surface area contributed by atoms with Gasteiger partial charge in [-0.15, -0.1) is 0 Å². The fourth-order valence-electron chi connectivity index (χ4n) is 4.32. The largest absolute Gasteiger partial charge is 0.313 e. The lowest BCUT2D eigenvalue weighted by Gasteiger charge is -2.50. The summed E-state index contributed by atoms with van der Waals surface area (Å²) in [6.07, 6.45) is 8.01. The molecule has 0 aromatic heterocycles. The maximum atomic E-state index is 3.92. The summed E-state index contributed by atoms with van der Waals surface area (Å²) in [7, 11) is 0. The highest BCUT2D eigenvalue weighted by Gasteiger charge is 2.45. The Morgan fingerprint density at radius 3 is 2.19 bits per heavy atom. The second-order valence-corrected chi connectivity index (χ2v) is 7.84. The van der Waals surface area contributed by atoms with E-state index in [2.05, 4.69) is 63.3 Å². The van der Waals surface area contributed by atoms with Crippen LogP contribution in [0, 0.1) is 5.41 Å². The molecule has 1 aliphatic carbocycles. The molecule has 0 aliphatic heterocycles. The highest BCUT2D eigenvalue weighted by molar-refractivity contribution is 5.29. The zero-order chi connectivity index (χ0) is 15.3.